The van der Waals surface area contributed by atoms with Gasteiger partial charge in [0.2, 0.25) is 11.1 Å². The minimum absolute atomic E-state index is 0.0407. The normalized spacial score (nSPS) is 11.8. The molecule has 0 saturated carbocycles. The van der Waals surface area contributed by atoms with Crippen LogP contribution in [0.2, 0.25) is 0 Å². The molecule has 3 N–H and O–H groups in total. The lowest BCUT2D eigenvalue weighted by Crippen LogP contribution is -2.32. The summed E-state index contributed by atoms with van der Waals surface area (Å²) in [5, 5.41) is 24.1. The van der Waals surface area contributed by atoms with Crippen LogP contribution in [-0.2, 0) is 4.79 Å². The van der Waals surface area contributed by atoms with Crippen LogP contribution in [0.25, 0.3) is 0 Å². The number of aryl methyl sites for hydroxylation is 2. The van der Waals surface area contributed by atoms with Gasteiger partial charge in [0.25, 0.3) is 11.6 Å². The van der Waals surface area contributed by atoms with Crippen LogP contribution >= 0.6 is 11.8 Å². The van der Waals surface area contributed by atoms with Gasteiger partial charge in [0.05, 0.1) is 16.7 Å². The number of nitrogens with one attached hydrogen (secondary N) is 3. The zero-order valence-electron chi connectivity index (χ0n) is 19.3. The van der Waals surface area contributed by atoms with E-state index in [4.69, 9.17) is 0 Å². The van der Waals surface area contributed by atoms with Crippen molar-refractivity contribution >= 4 is 35.0 Å². The van der Waals surface area contributed by atoms with Gasteiger partial charge in [0.15, 0.2) is 0 Å². The van der Waals surface area contributed by atoms with E-state index in [2.05, 4.69) is 25.8 Å². The van der Waals surface area contributed by atoms with E-state index in [9.17, 15) is 19.7 Å². The lowest BCUT2D eigenvalue weighted by atomic mass is 10.0. The van der Waals surface area contributed by atoms with Crippen molar-refractivity contribution in [3.63, 3.8) is 0 Å². The van der Waals surface area contributed by atoms with E-state index in [0.29, 0.717) is 11.0 Å². The number of aromatic nitrogens is 3. The zero-order valence-corrected chi connectivity index (χ0v) is 20.1. The maximum Gasteiger partial charge on any atom is 0.270 e. The minimum Gasteiger partial charge on any atom is -0.342 e. The average Bonchev–Trinajstić information content (AvgIpc) is 3.26. The maximum absolute atomic E-state index is 12.7. The number of amides is 2. The number of anilines is 1. The number of H-pyrrole nitrogens is 1. The lowest BCUT2D eigenvalue weighted by Gasteiger charge is -2.19. The number of nitrogens with zero attached hydrogens (tertiary/aromatic N) is 3. The number of carbonyl (C=O) groups is 2. The van der Waals surface area contributed by atoms with Gasteiger partial charge in [-0.3, -0.25) is 24.8 Å². The molecule has 0 spiro atoms. The molecular formula is C23H26N6O4S. The van der Waals surface area contributed by atoms with Gasteiger partial charge in [0, 0.05) is 23.4 Å². The van der Waals surface area contributed by atoms with Crippen molar-refractivity contribution in [2.24, 2.45) is 5.92 Å². The highest BCUT2D eigenvalue weighted by Gasteiger charge is 2.24. The number of nitro benzene ring substituents is 1. The molecule has 0 aliphatic carbocycles. The fourth-order valence-corrected chi connectivity index (χ4v) is 3.79. The Labute approximate surface area is 201 Å². The van der Waals surface area contributed by atoms with Gasteiger partial charge in [-0.05, 0) is 43.0 Å². The second-order valence-corrected chi connectivity index (χ2v) is 9.10. The molecule has 0 fully saturated rings. The number of hydrogen-bond donors (Lipinski definition) is 3. The highest BCUT2D eigenvalue weighted by molar-refractivity contribution is 7.99. The molecule has 2 amide bonds. The molecule has 0 bridgehead atoms. The molecule has 0 unspecified atom stereocenters. The standard InChI is InChI=1S/C23H26N6O4S/c1-13(2)20(25-22(31)16-6-5-7-17(11-16)29(32)33)21-26-23(28-27-21)34-12-19(30)24-18-10-14(3)8-9-15(18)4/h5-11,13,20H,12H2,1-4H3,(H,24,30)(H,25,31)(H,26,27,28)/t20-/m0/s1. The maximum atomic E-state index is 12.7. The summed E-state index contributed by atoms with van der Waals surface area (Å²) in [6.07, 6.45) is 0. The first-order valence-corrected chi connectivity index (χ1v) is 11.6. The first-order valence-electron chi connectivity index (χ1n) is 10.6. The van der Waals surface area contributed by atoms with E-state index in [-0.39, 0.29) is 28.8 Å². The van der Waals surface area contributed by atoms with Crippen LogP contribution in [0.15, 0.2) is 47.6 Å². The van der Waals surface area contributed by atoms with E-state index in [1.807, 2.05) is 45.9 Å². The highest BCUT2D eigenvalue weighted by Crippen LogP contribution is 2.23. The zero-order chi connectivity index (χ0) is 24.8. The third-order valence-electron chi connectivity index (χ3n) is 5.05. The van der Waals surface area contributed by atoms with Crippen LogP contribution in [0.3, 0.4) is 0 Å². The fraction of sp³-hybridized carbons (Fsp3) is 0.304. The number of thioether (sulfide) groups is 1. The van der Waals surface area contributed by atoms with Gasteiger partial charge in [-0.15, -0.1) is 5.10 Å². The Morgan fingerprint density at radius 1 is 1.18 bits per heavy atom. The van der Waals surface area contributed by atoms with Crippen LogP contribution in [0.5, 0.6) is 0 Å². The van der Waals surface area contributed by atoms with Crippen molar-refractivity contribution in [1.29, 1.82) is 0 Å². The largest absolute Gasteiger partial charge is 0.342 e. The molecule has 10 nitrogen and oxygen atoms in total. The lowest BCUT2D eigenvalue weighted by molar-refractivity contribution is -0.384. The average molecular weight is 483 g/mol. The van der Waals surface area contributed by atoms with Gasteiger partial charge in [-0.1, -0.05) is 43.8 Å². The van der Waals surface area contributed by atoms with Crippen molar-refractivity contribution < 1.29 is 14.5 Å². The van der Waals surface area contributed by atoms with Gasteiger partial charge in [-0.2, -0.15) is 0 Å². The molecule has 34 heavy (non-hydrogen) atoms. The Bertz CT molecular complexity index is 1210. The first-order chi connectivity index (χ1) is 16.1. The molecule has 178 valence electrons. The molecule has 0 radical (unpaired) electrons. The quantitative estimate of drug-likeness (QED) is 0.236. The van der Waals surface area contributed by atoms with Crippen LogP contribution in [0.1, 0.15) is 47.2 Å². The predicted octanol–water partition coefficient (Wildman–Crippen LogP) is 4.19. The van der Waals surface area contributed by atoms with E-state index in [1.54, 1.807) is 0 Å². The van der Waals surface area contributed by atoms with Crippen molar-refractivity contribution in [1.82, 2.24) is 20.5 Å². The van der Waals surface area contributed by atoms with Crippen LogP contribution in [0.4, 0.5) is 11.4 Å². The predicted molar refractivity (Wildman–Crippen MR) is 130 cm³/mol. The summed E-state index contributed by atoms with van der Waals surface area (Å²) in [6, 6.07) is 10.9. The molecule has 0 aliphatic heterocycles. The van der Waals surface area contributed by atoms with Gasteiger partial charge in [0.1, 0.15) is 5.82 Å². The molecule has 11 heteroatoms. The van der Waals surface area contributed by atoms with Crippen molar-refractivity contribution in [3.8, 4) is 0 Å². The third-order valence-corrected chi connectivity index (χ3v) is 5.90. The van der Waals surface area contributed by atoms with Gasteiger partial charge in [-0.25, -0.2) is 4.98 Å². The van der Waals surface area contributed by atoms with Gasteiger partial charge < -0.3 is 10.6 Å². The first kappa shape index (κ1) is 24.9. The Hall–Kier alpha value is -3.73. The van der Waals surface area contributed by atoms with E-state index in [0.717, 1.165) is 16.8 Å². The molecule has 1 aromatic heterocycles. The smallest absolute Gasteiger partial charge is 0.270 e. The fourth-order valence-electron chi connectivity index (χ4n) is 3.18. The number of rotatable bonds is 9. The topological polar surface area (TPSA) is 143 Å². The number of non-ortho nitro benzene ring substituents is 1. The molecule has 3 rings (SSSR count). The number of hydrogen-bond acceptors (Lipinski definition) is 7. The van der Waals surface area contributed by atoms with Crippen molar-refractivity contribution in [3.05, 3.63) is 75.1 Å². The Morgan fingerprint density at radius 2 is 1.94 bits per heavy atom. The molecule has 3 aromatic rings. The molecule has 1 heterocycles. The Balaban J connectivity index is 1.63. The minimum atomic E-state index is -0.549. The summed E-state index contributed by atoms with van der Waals surface area (Å²) in [4.78, 5) is 39.9. The Kier molecular flexibility index (Phi) is 8.00. The van der Waals surface area contributed by atoms with Gasteiger partial charge >= 0.3 is 0 Å². The highest BCUT2D eigenvalue weighted by atomic mass is 32.2. The van der Waals surface area contributed by atoms with E-state index >= 15 is 0 Å². The molecular weight excluding hydrogens is 456 g/mol. The summed E-state index contributed by atoms with van der Waals surface area (Å²) < 4.78 is 0. The summed E-state index contributed by atoms with van der Waals surface area (Å²) in [5.74, 6) is -0.116. The number of benzene rings is 2. The second kappa shape index (κ2) is 10.9. The van der Waals surface area contributed by atoms with E-state index < -0.39 is 16.9 Å². The summed E-state index contributed by atoms with van der Waals surface area (Å²) in [5.41, 5.74) is 2.82. The number of aromatic amines is 1. The van der Waals surface area contributed by atoms with Crippen LogP contribution in [0, 0.1) is 29.9 Å². The van der Waals surface area contributed by atoms with Crippen LogP contribution < -0.4 is 10.6 Å². The molecule has 0 saturated heterocycles. The molecule has 1 atom stereocenters. The third kappa shape index (κ3) is 6.41. The second-order valence-electron chi connectivity index (χ2n) is 8.16. The summed E-state index contributed by atoms with van der Waals surface area (Å²) in [7, 11) is 0. The number of carbonyl (C=O) groups excluding carboxylic acids is 2. The van der Waals surface area contributed by atoms with Crippen LogP contribution in [-0.4, -0.2) is 37.7 Å². The summed E-state index contributed by atoms with van der Waals surface area (Å²) >= 11 is 1.18. The Morgan fingerprint density at radius 3 is 2.65 bits per heavy atom. The molecule has 2 aromatic carbocycles. The monoisotopic (exact) mass is 482 g/mol. The van der Waals surface area contributed by atoms with E-state index in [1.165, 1.54) is 36.0 Å². The molecule has 0 aliphatic rings. The SMILES string of the molecule is Cc1ccc(C)c(NC(=O)CSc2n[nH]c([C@@H](NC(=O)c3cccc([N+](=O)[O-])c3)C(C)C)n2)c1. The van der Waals surface area contributed by atoms with Crippen molar-refractivity contribution in [2.75, 3.05) is 11.1 Å². The van der Waals surface area contributed by atoms with Crippen molar-refractivity contribution in [2.45, 2.75) is 38.9 Å². The summed E-state index contributed by atoms with van der Waals surface area (Å²) in [6.45, 7) is 7.70. The number of nitro groups is 1.